The van der Waals surface area contributed by atoms with Crippen molar-refractivity contribution in [1.82, 2.24) is 0 Å². The summed E-state index contributed by atoms with van der Waals surface area (Å²) in [5, 5.41) is 10.5. The van der Waals surface area contributed by atoms with Crippen LogP contribution in [0.2, 0.25) is 0 Å². The van der Waals surface area contributed by atoms with E-state index in [4.69, 9.17) is 4.74 Å². The predicted octanol–water partition coefficient (Wildman–Crippen LogP) is 2.39. The minimum absolute atomic E-state index is 0.362. The van der Waals surface area contributed by atoms with Crippen LogP contribution < -0.4 is 4.74 Å². The highest BCUT2D eigenvalue weighted by Gasteiger charge is 2.18. The molecule has 0 saturated heterocycles. The van der Waals surface area contributed by atoms with E-state index in [0.29, 0.717) is 12.2 Å². The summed E-state index contributed by atoms with van der Waals surface area (Å²) in [7, 11) is 0. The summed E-state index contributed by atoms with van der Waals surface area (Å²) >= 11 is 0. The average molecular weight is 195 g/mol. The second-order valence-electron chi connectivity index (χ2n) is 3.08. The Bertz CT molecular complexity index is 325. The van der Waals surface area contributed by atoms with Gasteiger partial charge in [-0.3, -0.25) is 10.1 Å². The smallest absolute Gasteiger partial charge is 0.353 e. The highest BCUT2D eigenvalue weighted by molar-refractivity contribution is 5.27. The molecule has 0 heterocycles. The van der Waals surface area contributed by atoms with Gasteiger partial charge in [0.25, 0.3) is 0 Å². The van der Waals surface area contributed by atoms with Gasteiger partial charge in [-0.15, -0.1) is 0 Å². The second kappa shape index (κ2) is 4.60. The summed E-state index contributed by atoms with van der Waals surface area (Å²) in [6.45, 7) is 3.64. The van der Waals surface area contributed by atoms with Gasteiger partial charge in [-0.25, -0.2) is 0 Å². The standard InChI is InChI=1S/C10H13NO3/c1-3-10(11(12)13)14-9-6-4-5-8(2)7-9/h4-7,10H,3H2,1-2H3. The Balaban J connectivity index is 2.72. The molecule has 0 aromatic heterocycles. The molecule has 0 spiro atoms. The highest BCUT2D eigenvalue weighted by atomic mass is 16.7. The van der Waals surface area contributed by atoms with Crippen LogP contribution in [0, 0.1) is 17.0 Å². The lowest BCUT2D eigenvalue weighted by atomic mass is 10.2. The maximum atomic E-state index is 10.5. The van der Waals surface area contributed by atoms with E-state index in [0.717, 1.165) is 5.56 Å². The van der Waals surface area contributed by atoms with Gasteiger partial charge >= 0.3 is 6.23 Å². The molecule has 76 valence electrons. The highest BCUT2D eigenvalue weighted by Crippen LogP contribution is 2.15. The molecule has 1 aromatic rings. The molecule has 4 nitrogen and oxygen atoms in total. The molecule has 1 aromatic carbocycles. The zero-order chi connectivity index (χ0) is 10.6. The average Bonchev–Trinajstić information content (AvgIpc) is 2.14. The van der Waals surface area contributed by atoms with E-state index in [2.05, 4.69) is 0 Å². The zero-order valence-corrected chi connectivity index (χ0v) is 8.27. The van der Waals surface area contributed by atoms with Gasteiger partial charge in [0.2, 0.25) is 0 Å². The number of aryl methyl sites for hydroxylation is 1. The molecule has 1 rings (SSSR count). The molecule has 0 amide bonds. The molecule has 0 aliphatic carbocycles. The minimum atomic E-state index is -0.947. The summed E-state index contributed by atoms with van der Waals surface area (Å²) in [6, 6.07) is 7.24. The van der Waals surface area contributed by atoms with Gasteiger partial charge in [-0.05, 0) is 24.6 Å². The van der Waals surface area contributed by atoms with Crippen LogP contribution in [0.25, 0.3) is 0 Å². The molecule has 0 bridgehead atoms. The molecule has 0 radical (unpaired) electrons. The van der Waals surface area contributed by atoms with Crippen molar-refractivity contribution in [1.29, 1.82) is 0 Å². The number of nitro groups is 1. The molecule has 0 N–H and O–H groups in total. The summed E-state index contributed by atoms with van der Waals surface area (Å²) in [4.78, 5) is 10.1. The van der Waals surface area contributed by atoms with Crippen molar-refractivity contribution in [3.63, 3.8) is 0 Å². The summed E-state index contributed by atoms with van der Waals surface area (Å²) < 4.78 is 5.21. The van der Waals surface area contributed by atoms with Crippen LogP contribution in [0.3, 0.4) is 0 Å². The first-order valence-corrected chi connectivity index (χ1v) is 4.50. The molecule has 0 saturated carbocycles. The van der Waals surface area contributed by atoms with Gasteiger partial charge in [-0.1, -0.05) is 19.1 Å². The summed E-state index contributed by atoms with van der Waals surface area (Å²) in [5.41, 5.74) is 1.03. The Morgan fingerprint density at radius 1 is 1.57 bits per heavy atom. The predicted molar refractivity (Wildman–Crippen MR) is 52.9 cm³/mol. The number of rotatable bonds is 4. The third kappa shape index (κ3) is 2.73. The Morgan fingerprint density at radius 3 is 2.79 bits per heavy atom. The fourth-order valence-corrected chi connectivity index (χ4v) is 1.12. The van der Waals surface area contributed by atoms with E-state index >= 15 is 0 Å². The molecule has 0 aliphatic rings. The topological polar surface area (TPSA) is 52.4 Å². The van der Waals surface area contributed by atoms with Crippen molar-refractivity contribution in [3.05, 3.63) is 39.9 Å². The maximum Gasteiger partial charge on any atom is 0.353 e. The molecule has 0 aliphatic heterocycles. The molecule has 1 atom stereocenters. The van der Waals surface area contributed by atoms with Crippen LogP contribution in [-0.2, 0) is 0 Å². The summed E-state index contributed by atoms with van der Waals surface area (Å²) in [6.07, 6.45) is -0.585. The zero-order valence-electron chi connectivity index (χ0n) is 8.27. The lowest BCUT2D eigenvalue weighted by Gasteiger charge is -2.09. The normalized spacial score (nSPS) is 12.1. The fourth-order valence-electron chi connectivity index (χ4n) is 1.12. The van der Waals surface area contributed by atoms with E-state index in [1.807, 2.05) is 19.1 Å². The van der Waals surface area contributed by atoms with Crippen LogP contribution in [0.15, 0.2) is 24.3 Å². The van der Waals surface area contributed by atoms with Crippen LogP contribution in [0.1, 0.15) is 18.9 Å². The van der Waals surface area contributed by atoms with Crippen molar-refractivity contribution in [2.75, 3.05) is 0 Å². The largest absolute Gasteiger partial charge is 0.430 e. The van der Waals surface area contributed by atoms with Crippen molar-refractivity contribution in [2.24, 2.45) is 0 Å². The van der Waals surface area contributed by atoms with Crippen LogP contribution >= 0.6 is 0 Å². The van der Waals surface area contributed by atoms with Gasteiger partial charge in [0.05, 0.1) is 11.3 Å². The van der Waals surface area contributed by atoms with Crippen molar-refractivity contribution < 1.29 is 9.66 Å². The summed E-state index contributed by atoms with van der Waals surface area (Å²) in [5.74, 6) is 0.550. The quantitative estimate of drug-likeness (QED) is 0.421. The fraction of sp³-hybridized carbons (Fsp3) is 0.400. The van der Waals surface area contributed by atoms with Crippen molar-refractivity contribution in [2.45, 2.75) is 26.5 Å². The lowest BCUT2D eigenvalue weighted by Crippen LogP contribution is -2.25. The Labute approximate surface area is 82.7 Å². The molecule has 14 heavy (non-hydrogen) atoms. The van der Waals surface area contributed by atoms with E-state index in [1.54, 1.807) is 19.1 Å². The first kappa shape index (κ1) is 10.5. The van der Waals surface area contributed by atoms with Gasteiger partial charge < -0.3 is 4.74 Å². The second-order valence-corrected chi connectivity index (χ2v) is 3.08. The molecule has 0 fully saturated rings. The number of benzene rings is 1. The Morgan fingerprint density at radius 2 is 2.29 bits per heavy atom. The molecular weight excluding hydrogens is 182 g/mol. The van der Waals surface area contributed by atoms with Gasteiger partial charge in [0.15, 0.2) is 0 Å². The van der Waals surface area contributed by atoms with E-state index in [9.17, 15) is 10.1 Å². The van der Waals surface area contributed by atoms with Crippen LogP contribution in [0.4, 0.5) is 0 Å². The van der Waals surface area contributed by atoms with Crippen molar-refractivity contribution in [3.8, 4) is 5.75 Å². The molecular formula is C10H13NO3. The van der Waals surface area contributed by atoms with E-state index in [1.165, 1.54) is 0 Å². The van der Waals surface area contributed by atoms with Gasteiger partial charge in [0, 0.05) is 0 Å². The number of ether oxygens (including phenoxy) is 1. The first-order chi connectivity index (χ1) is 6.63. The third-order valence-corrected chi connectivity index (χ3v) is 1.85. The number of hydrogen-bond acceptors (Lipinski definition) is 3. The third-order valence-electron chi connectivity index (χ3n) is 1.85. The van der Waals surface area contributed by atoms with Crippen LogP contribution in [-0.4, -0.2) is 11.2 Å². The number of nitrogens with zero attached hydrogens (tertiary/aromatic N) is 1. The Hall–Kier alpha value is -1.58. The number of hydrogen-bond donors (Lipinski definition) is 0. The molecule has 4 heteroatoms. The SMILES string of the molecule is CCC(Oc1cccc(C)c1)[N+](=O)[O-]. The maximum absolute atomic E-state index is 10.5. The monoisotopic (exact) mass is 195 g/mol. The van der Waals surface area contributed by atoms with E-state index < -0.39 is 11.2 Å². The van der Waals surface area contributed by atoms with Crippen LogP contribution in [0.5, 0.6) is 5.75 Å². The van der Waals surface area contributed by atoms with Crippen molar-refractivity contribution >= 4 is 0 Å². The van der Waals surface area contributed by atoms with Gasteiger partial charge in [0.1, 0.15) is 5.75 Å². The minimum Gasteiger partial charge on any atom is -0.430 e. The first-order valence-electron chi connectivity index (χ1n) is 4.50. The van der Waals surface area contributed by atoms with E-state index in [-0.39, 0.29) is 0 Å². The molecule has 1 unspecified atom stereocenters. The lowest BCUT2D eigenvalue weighted by molar-refractivity contribution is -0.563. The Kier molecular flexibility index (Phi) is 3.45. The van der Waals surface area contributed by atoms with Gasteiger partial charge in [-0.2, -0.15) is 0 Å².